The fourth-order valence-corrected chi connectivity index (χ4v) is 2.05. The van der Waals surface area contributed by atoms with Gasteiger partial charge in [0.05, 0.1) is 0 Å². The van der Waals surface area contributed by atoms with Gasteiger partial charge in [-0.15, -0.1) is 0 Å². The van der Waals surface area contributed by atoms with E-state index in [4.69, 9.17) is 9.52 Å². The van der Waals surface area contributed by atoms with Crippen LogP contribution in [0.25, 0.3) is 22.4 Å². The summed E-state index contributed by atoms with van der Waals surface area (Å²) in [5, 5.41) is 13.4. The van der Waals surface area contributed by atoms with Gasteiger partial charge in [-0.05, 0) is 12.1 Å². The number of hydrogen-bond acceptors (Lipinski definition) is 4. The standard InChI is InChI=1S/C13H11N3O3/c1-7-14-10-4-3-8(5-11(10)19-7)12-9(13(17)18)6-16(2)15-12/h3-6H,1-2H3,(H,17,18). The van der Waals surface area contributed by atoms with E-state index in [0.717, 1.165) is 5.52 Å². The SMILES string of the molecule is Cc1nc2ccc(-c3nn(C)cc3C(=O)O)cc2o1. The maximum atomic E-state index is 11.2. The van der Waals surface area contributed by atoms with E-state index in [9.17, 15) is 4.79 Å². The molecule has 0 fully saturated rings. The summed E-state index contributed by atoms with van der Waals surface area (Å²) in [7, 11) is 1.69. The highest BCUT2D eigenvalue weighted by Gasteiger charge is 2.17. The van der Waals surface area contributed by atoms with Crippen molar-refractivity contribution in [3.8, 4) is 11.3 Å². The van der Waals surface area contributed by atoms with Gasteiger partial charge >= 0.3 is 5.97 Å². The predicted molar refractivity (Wildman–Crippen MR) is 67.9 cm³/mol. The van der Waals surface area contributed by atoms with Gasteiger partial charge in [0, 0.05) is 25.7 Å². The van der Waals surface area contributed by atoms with E-state index in [1.54, 1.807) is 32.2 Å². The van der Waals surface area contributed by atoms with Gasteiger partial charge in [0.15, 0.2) is 11.5 Å². The lowest BCUT2D eigenvalue weighted by Gasteiger charge is -1.98. The second-order valence-corrected chi connectivity index (χ2v) is 4.29. The third kappa shape index (κ3) is 1.87. The topological polar surface area (TPSA) is 81.2 Å². The molecule has 0 aliphatic carbocycles. The van der Waals surface area contributed by atoms with Gasteiger partial charge in [-0.3, -0.25) is 4.68 Å². The van der Waals surface area contributed by atoms with Crippen LogP contribution in [0.5, 0.6) is 0 Å². The Bertz CT molecular complexity index is 786. The summed E-state index contributed by atoms with van der Waals surface area (Å²) in [5.74, 6) is -0.427. The van der Waals surface area contributed by atoms with Crippen molar-refractivity contribution in [3.63, 3.8) is 0 Å². The molecule has 1 N–H and O–H groups in total. The van der Waals surface area contributed by atoms with Gasteiger partial charge in [0.2, 0.25) is 0 Å². The zero-order valence-electron chi connectivity index (χ0n) is 10.4. The molecule has 0 bridgehead atoms. The Morgan fingerprint density at radius 2 is 2.21 bits per heavy atom. The molecule has 19 heavy (non-hydrogen) atoms. The van der Waals surface area contributed by atoms with Crippen LogP contribution in [-0.2, 0) is 7.05 Å². The van der Waals surface area contributed by atoms with Crippen molar-refractivity contribution in [3.05, 3.63) is 35.9 Å². The van der Waals surface area contributed by atoms with Crippen molar-refractivity contribution in [2.75, 3.05) is 0 Å². The van der Waals surface area contributed by atoms with Crippen molar-refractivity contribution in [1.29, 1.82) is 0 Å². The fraction of sp³-hybridized carbons (Fsp3) is 0.154. The van der Waals surface area contributed by atoms with E-state index in [-0.39, 0.29) is 5.56 Å². The van der Waals surface area contributed by atoms with Crippen molar-refractivity contribution in [2.45, 2.75) is 6.92 Å². The zero-order chi connectivity index (χ0) is 13.6. The molecule has 1 aromatic carbocycles. The van der Waals surface area contributed by atoms with Crippen LogP contribution in [0.4, 0.5) is 0 Å². The maximum absolute atomic E-state index is 11.2. The van der Waals surface area contributed by atoms with E-state index in [0.29, 0.717) is 22.7 Å². The molecule has 0 amide bonds. The van der Waals surface area contributed by atoms with Crippen LogP contribution in [0.2, 0.25) is 0 Å². The first-order chi connectivity index (χ1) is 9.04. The van der Waals surface area contributed by atoms with Gasteiger partial charge in [-0.1, -0.05) is 6.07 Å². The predicted octanol–water partition coefficient (Wildman–Crippen LogP) is 2.23. The number of aryl methyl sites for hydroxylation is 2. The van der Waals surface area contributed by atoms with Gasteiger partial charge in [-0.25, -0.2) is 9.78 Å². The molecule has 0 unspecified atom stereocenters. The first-order valence-corrected chi connectivity index (χ1v) is 5.69. The Morgan fingerprint density at radius 1 is 1.42 bits per heavy atom. The minimum atomic E-state index is -1.00. The van der Waals surface area contributed by atoms with Gasteiger partial charge in [0.25, 0.3) is 0 Å². The van der Waals surface area contributed by atoms with Crippen LogP contribution in [-0.4, -0.2) is 25.8 Å². The highest BCUT2D eigenvalue weighted by atomic mass is 16.4. The number of aromatic nitrogens is 3. The summed E-state index contributed by atoms with van der Waals surface area (Å²) in [6, 6.07) is 5.34. The molecule has 0 atom stereocenters. The Morgan fingerprint density at radius 3 is 2.95 bits per heavy atom. The molecule has 2 heterocycles. The summed E-state index contributed by atoms with van der Waals surface area (Å²) in [6.45, 7) is 1.77. The van der Waals surface area contributed by atoms with Crippen LogP contribution in [0, 0.1) is 6.92 Å². The molecule has 2 aromatic heterocycles. The molecule has 3 rings (SSSR count). The number of oxazole rings is 1. The van der Waals surface area contributed by atoms with Crippen LogP contribution >= 0.6 is 0 Å². The van der Waals surface area contributed by atoms with Crippen LogP contribution < -0.4 is 0 Å². The number of carbonyl (C=O) groups is 1. The summed E-state index contributed by atoms with van der Waals surface area (Å²) in [5.41, 5.74) is 2.65. The molecule has 96 valence electrons. The van der Waals surface area contributed by atoms with E-state index in [2.05, 4.69) is 10.1 Å². The number of benzene rings is 1. The molecular formula is C13H11N3O3. The van der Waals surface area contributed by atoms with Crippen LogP contribution in [0.15, 0.2) is 28.8 Å². The first kappa shape index (κ1) is 11.5. The largest absolute Gasteiger partial charge is 0.478 e. The number of aromatic carboxylic acids is 1. The first-order valence-electron chi connectivity index (χ1n) is 5.69. The molecule has 0 aliphatic heterocycles. The molecule has 6 nitrogen and oxygen atoms in total. The molecule has 0 radical (unpaired) electrons. The fourth-order valence-electron chi connectivity index (χ4n) is 2.05. The summed E-state index contributed by atoms with van der Waals surface area (Å²) in [6.07, 6.45) is 1.48. The number of rotatable bonds is 2. The molecule has 0 saturated heterocycles. The summed E-state index contributed by atoms with van der Waals surface area (Å²) >= 11 is 0. The minimum Gasteiger partial charge on any atom is -0.478 e. The van der Waals surface area contributed by atoms with Crippen LogP contribution in [0.3, 0.4) is 0 Å². The van der Waals surface area contributed by atoms with Crippen molar-refractivity contribution in [1.82, 2.24) is 14.8 Å². The Balaban J connectivity index is 2.20. The van der Waals surface area contributed by atoms with Gasteiger partial charge in [0.1, 0.15) is 16.8 Å². The van der Waals surface area contributed by atoms with E-state index >= 15 is 0 Å². The van der Waals surface area contributed by atoms with Crippen LogP contribution in [0.1, 0.15) is 16.2 Å². The molecular weight excluding hydrogens is 246 g/mol. The monoisotopic (exact) mass is 257 g/mol. The summed E-state index contributed by atoms with van der Waals surface area (Å²) < 4.78 is 6.92. The maximum Gasteiger partial charge on any atom is 0.339 e. The number of nitrogens with zero attached hydrogens (tertiary/aromatic N) is 3. The molecule has 6 heteroatoms. The van der Waals surface area contributed by atoms with Crippen molar-refractivity contribution < 1.29 is 14.3 Å². The molecule has 0 saturated carbocycles. The summed E-state index contributed by atoms with van der Waals surface area (Å²) in [4.78, 5) is 15.4. The number of fused-ring (bicyclic) bond motifs is 1. The van der Waals surface area contributed by atoms with Gasteiger partial charge < -0.3 is 9.52 Å². The lowest BCUT2D eigenvalue weighted by molar-refractivity contribution is 0.0697. The smallest absolute Gasteiger partial charge is 0.339 e. The van der Waals surface area contributed by atoms with Crippen molar-refractivity contribution >= 4 is 17.1 Å². The van der Waals surface area contributed by atoms with Gasteiger partial charge in [-0.2, -0.15) is 5.10 Å². The Hall–Kier alpha value is -2.63. The Labute approximate surface area is 108 Å². The average molecular weight is 257 g/mol. The number of hydrogen-bond donors (Lipinski definition) is 1. The zero-order valence-corrected chi connectivity index (χ0v) is 10.4. The number of carboxylic acid groups (broad SMARTS) is 1. The molecule has 0 aliphatic rings. The molecule has 3 aromatic rings. The third-order valence-electron chi connectivity index (χ3n) is 2.83. The third-order valence-corrected chi connectivity index (χ3v) is 2.83. The van der Waals surface area contributed by atoms with Crippen molar-refractivity contribution in [2.24, 2.45) is 7.05 Å². The Kier molecular flexibility index (Phi) is 2.38. The minimum absolute atomic E-state index is 0.165. The normalized spacial score (nSPS) is 11.1. The average Bonchev–Trinajstić information content (AvgIpc) is 2.89. The number of carboxylic acids is 1. The second-order valence-electron chi connectivity index (χ2n) is 4.29. The van der Waals surface area contributed by atoms with E-state index in [1.807, 2.05) is 0 Å². The van der Waals surface area contributed by atoms with E-state index < -0.39 is 5.97 Å². The highest BCUT2D eigenvalue weighted by molar-refractivity contribution is 5.95. The quantitative estimate of drug-likeness (QED) is 0.761. The lowest BCUT2D eigenvalue weighted by atomic mass is 10.1. The van der Waals surface area contributed by atoms with E-state index in [1.165, 1.54) is 10.9 Å². The second kappa shape index (κ2) is 3.94. The lowest BCUT2D eigenvalue weighted by Crippen LogP contribution is -1.96. The molecule has 0 spiro atoms. The highest BCUT2D eigenvalue weighted by Crippen LogP contribution is 2.26.